The predicted octanol–water partition coefficient (Wildman–Crippen LogP) is 1.07. The van der Waals surface area contributed by atoms with Crippen LogP contribution in [-0.2, 0) is 24.2 Å². The minimum absolute atomic E-state index is 0.0996. The second kappa shape index (κ2) is 7.82. The number of hydrogen-bond donors (Lipinski definition) is 1. The van der Waals surface area contributed by atoms with E-state index in [1.165, 1.54) is 4.90 Å². The first-order valence-corrected chi connectivity index (χ1v) is 10.2. The molecule has 8 heteroatoms. The van der Waals surface area contributed by atoms with Gasteiger partial charge in [0.1, 0.15) is 5.25 Å². The van der Waals surface area contributed by atoms with E-state index in [1.54, 1.807) is 13.8 Å². The highest BCUT2D eigenvalue weighted by molar-refractivity contribution is 7.93. The van der Waals surface area contributed by atoms with Crippen LogP contribution in [0.4, 0.5) is 0 Å². The summed E-state index contributed by atoms with van der Waals surface area (Å²) in [6.45, 7) is 3.71. The molecule has 0 aromatic heterocycles. The molecule has 1 N–H and O–H groups in total. The van der Waals surface area contributed by atoms with Crippen LogP contribution in [0.1, 0.15) is 46.0 Å². The van der Waals surface area contributed by atoms with Crippen molar-refractivity contribution in [2.45, 2.75) is 62.6 Å². The summed E-state index contributed by atoms with van der Waals surface area (Å²) >= 11 is 0. The summed E-state index contributed by atoms with van der Waals surface area (Å²) in [6.07, 6.45) is 2.92. The van der Waals surface area contributed by atoms with Gasteiger partial charge in [0.15, 0.2) is 15.9 Å². The lowest BCUT2D eigenvalue weighted by molar-refractivity contribution is -0.159. The zero-order valence-electron chi connectivity index (χ0n) is 14.3. The van der Waals surface area contributed by atoms with Crippen molar-refractivity contribution in [2.24, 2.45) is 5.92 Å². The third-order valence-electron chi connectivity index (χ3n) is 4.87. The number of sulfone groups is 1. The minimum atomic E-state index is -3.59. The van der Waals surface area contributed by atoms with Crippen molar-refractivity contribution in [2.75, 3.05) is 19.7 Å². The molecule has 7 nitrogen and oxygen atoms in total. The van der Waals surface area contributed by atoms with Crippen molar-refractivity contribution in [1.82, 2.24) is 4.90 Å². The highest BCUT2D eigenvalue weighted by Crippen LogP contribution is 2.30. The summed E-state index contributed by atoms with van der Waals surface area (Å²) < 4.78 is 31.2. The van der Waals surface area contributed by atoms with Crippen LogP contribution in [-0.4, -0.2) is 66.6 Å². The van der Waals surface area contributed by atoms with E-state index in [2.05, 4.69) is 0 Å². The zero-order chi connectivity index (χ0) is 17.9. The largest absolute Gasteiger partial charge is 0.479 e. The van der Waals surface area contributed by atoms with Crippen LogP contribution in [0, 0.1) is 5.92 Å². The van der Waals surface area contributed by atoms with Crippen molar-refractivity contribution >= 4 is 21.7 Å². The van der Waals surface area contributed by atoms with E-state index in [4.69, 9.17) is 9.84 Å². The highest BCUT2D eigenvalue weighted by atomic mass is 32.2. The molecule has 0 aromatic rings. The van der Waals surface area contributed by atoms with E-state index in [-0.39, 0.29) is 25.6 Å². The molecule has 24 heavy (non-hydrogen) atoms. The maximum absolute atomic E-state index is 13.0. The van der Waals surface area contributed by atoms with Gasteiger partial charge in [0.05, 0.1) is 18.4 Å². The predicted molar refractivity (Wildman–Crippen MR) is 88.4 cm³/mol. The van der Waals surface area contributed by atoms with Gasteiger partial charge in [-0.3, -0.25) is 4.79 Å². The first kappa shape index (κ1) is 19.2. The lowest BCUT2D eigenvalue weighted by Crippen LogP contribution is -2.55. The Balaban J connectivity index is 2.20. The number of amides is 1. The van der Waals surface area contributed by atoms with Gasteiger partial charge in [0.2, 0.25) is 5.91 Å². The Morgan fingerprint density at radius 2 is 1.79 bits per heavy atom. The van der Waals surface area contributed by atoms with Gasteiger partial charge in [-0.15, -0.1) is 0 Å². The lowest BCUT2D eigenvalue weighted by Gasteiger charge is -2.35. The molecule has 2 fully saturated rings. The summed E-state index contributed by atoms with van der Waals surface area (Å²) in [7, 11) is -3.59. The number of carboxylic acids is 1. The van der Waals surface area contributed by atoms with Crippen molar-refractivity contribution in [1.29, 1.82) is 0 Å². The Labute approximate surface area is 143 Å². The van der Waals surface area contributed by atoms with Crippen LogP contribution in [0.2, 0.25) is 0 Å². The Hall–Kier alpha value is -1.15. The second-order valence-electron chi connectivity index (χ2n) is 7.00. The normalized spacial score (nSPS) is 24.8. The molecule has 0 spiro atoms. The number of morpholine rings is 1. The van der Waals surface area contributed by atoms with E-state index in [9.17, 15) is 18.0 Å². The number of aliphatic carboxylic acids is 1. The van der Waals surface area contributed by atoms with Crippen LogP contribution in [0.25, 0.3) is 0 Å². The summed E-state index contributed by atoms with van der Waals surface area (Å²) in [5.74, 6) is -1.97. The van der Waals surface area contributed by atoms with E-state index >= 15 is 0 Å². The summed E-state index contributed by atoms with van der Waals surface area (Å²) in [5, 5.41) is 7.51. The molecule has 1 saturated carbocycles. The number of ether oxygens (including phenoxy) is 1. The number of hydrogen-bond acceptors (Lipinski definition) is 5. The fourth-order valence-corrected chi connectivity index (χ4v) is 6.18. The van der Waals surface area contributed by atoms with Crippen molar-refractivity contribution in [3.8, 4) is 0 Å². The van der Waals surface area contributed by atoms with Crippen LogP contribution >= 0.6 is 0 Å². The van der Waals surface area contributed by atoms with Crippen molar-refractivity contribution in [3.63, 3.8) is 0 Å². The molecule has 1 saturated heterocycles. The summed E-state index contributed by atoms with van der Waals surface area (Å²) in [4.78, 5) is 25.3. The van der Waals surface area contributed by atoms with Gasteiger partial charge in [0, 0.05) is 6.54 Å². The molecule has 1 aliphatic heterocycles. The standard InChI is InChI=1S/C16H27NO6S/c1-11(2)14(24(21,22)12-6-4-3-5-7-12)15(18)17-8-9-23-13(10-17)16(19)20/h11-14H,3-10H2,1-2H3,(H,19,20)/t13-,14+/m1/s1. The van der Waals surface area contributed by atoms with Crippen LogP contribution in [0.3, 0.4) is 0 Å². The Morgan fingerprint density at radius 1 is 1.17 bits per heavy atom. The molecule has 0 aromatic carbocycles. The molecule has 0 unspecified atom stereocenters. The minimum Gasteiger partial charge on any atom is -0.479 e. The quantitative estimate of drug-likeness (QED) is 0.786. The smallest absolute Gasteiger partial charge is 0.334 e. The molecule has 1 aliphatic carbocycles. The Bertz CT molecular complexity index is 567. The Morgan fingerprint density at radius 3 is 2.33 bits per heavy atom. The first-order valence-electron chi connectivity index (χ1n) is 8.61. The molecule has 1 amide bonds. The average Bonchev–Trinajstić information content (AvgIpc) is 2.55. The molecule has 1 heterocycles. The van der Waals surface area contributed by atoms with E-state index in [0.717, 1.165) is 19.3 Å². The van der Waals surface area contributed by atoms with E-state index in [1.807, 2.05) is 0 Å². The van der Waals surface area contributed by atoms with Gasteiger partial charge < -0.3 is 14.7 Å². The number of carbonyl (C=O) groups is 2. The van der Waals surface area contributed by atoms with Crippen LogP contribution in [0.15, 0.2) is 0 Å². The molecule has 2 atom stereocenters. The monoisotopic (exact) mass is 361 g/mol. The zero-order valence-corrected chi connectivity index (χ0v) is 15.1. The Kier molecular flexibility index (Phi) is 6.25. The lowest BCUT2D eigenvalue weighted by atomic mass is 10.0. The SMILES string of the molecule is CC(C)[C@@H](C(=O)N1CCO[C@@H](C(=O)O)C1)S(=O)(=O)C1CCCCC1. The summed E-state index contributed by atoms with van der Waals surface area (Å²) in [6, 6.07) is 0. The molecular weight excluding hydrogens is 334 g/mol. The molecular formula is C16H27NO6S. The first-order chi connectivity index (χ1) is 11.2. The van der Waals surface area contributed by atoms with Gasteiger partial charge in [-0.1, -0.05) is 33.1 Å². The van der Waals surface area contributed by atoms with Gasteiger partial charge in [-0.05, 0) is 18.8 Å². The fourth-order valence-electron chi connectivity index (χ4n) is 3.58. The number of carboxylic acid groups (broad SMARTS) is 1. The number of carbonyl (C=O) groups excluding carboxylic acids is 1. The number of nitrogens with zero attached hydrogens (tertiary/aromatic N) is 1. The van der Waals surface area contributed by atoms with E-state index in [0.29, 0.717) is 12.8 Å². The number of rotatable bonds is 5. The topological polar surface area (TPSA) is 101 Å². The van der Waals surface area contributed by atoms with Gasteiger partial charge in [-0.2, -0.15) is 0 Å². The second-order valence-corrected chi connectivity index (χ2v) is 9.35. The molecule has 0 radical (unpaired) electrons. The fraction of sp³-hybridized carbons (Fsp3) is 0.875. The van der Waals surface area contributed by atoms with Crippen molar-refractivity contribution < 1.29 is 27.9 Å². The highest BCUT2D eigenvalue weighted by Gasteiger charge is 2.44. The van der Waals surface area contributed by atoms with Gasteiger partial charge >= 0.3 is 5.97 Å². The van der Waals surface area contributed by atoms with Crippen molar-refractivity contribution in [3.05, 3.63) is 0 Å². The average molecular weight is 361 g/mol. The third kappa shape index (κ3) is 4.08. The van der Waals surface area contributed by atoms with E-state index < -0.39 is 38.3 Å². The molecule has 138 valence electrons. The summed E-state index contributed by atoms with van der Waals surface area (Å²) in [5.41, 5.74) is 0. The van der Waals surface area contributed by atoms with Gasteiger partial charge in [0.25, 0.3) is 0 Å². The molecule has 2 aliphatic rings. The maximum atomic E-state index is 13.0. The third-order valence-corrected chi connectivity index (χ3v) is 7.73. The molecule has 0 bridgehead atoms. The van der Waals surface area contributed by atoms with Crippen LogP contribution in [0.5, 0.6) is 0 Å². The maximum Gasteiger partial charge on any atom is 0.334 e. The van der Waals surface area contributed by atoms with Crippen LogP contribution < -0.4 is 0 Å². The molecule has 2 rings (SSSR count). The van der Waals surface area contributed by atoms with Gasteiger partial charge in [-0.25, -0.2) is 13.2 Å².